The van der Waals surface area contributed by atoms with E-state index in [0.29, 0.717) is 29.5 Å². The van der Waals surface area contributed by atoms with Gasteiger partial charge >= 0.3 is 0 Å². The summed E-state index contributed by atoms with van der Waals surface area (Å²) in [7, 11) is 4.85. The minimum atomic E-state index is -0.0362. The van der Waals surface area contributed by atoms with Gasteiger partial charge in [0.2, 0.25) is 5.91 Å². The number of ether oxygens (including phenoxy) is 3. The molecule has 1 amide bonds. The fraction of sp³-hybridized carbons (Fsp3) is 0.333. The van der Waals surface area contributed by atoms with Gasteiger partial charge in [-0.2, -0.15) is 0 Å². The van der Waals surface area contributed by atoms with Gasteiger partial charge < -0.3 is 19.5 Å². The highest BCUT2D eigenvalue weighted by Crippen LogP contribution is 2.39. The molecule has 0 spiro atoms. The topological polar surface area (TPSA) is 69.2 Å². The molecule has 0 heterocycles. The molecular formula is C21H26N2O4S2. The SMILES string of the molecule is C=Nc1cc(OC)c(OC)cc1SCNC(=O)Cc1ccc(SCCOC)cc1. The average molecular weight is 435 g/mol. The Labute approximate surface area is 180 Å². The third-order valence-corrected chi connectivity index (χ3v) is 5.88. The summed E-state index contributed by atoms with van der Waals surface area (Å²) in [6.07, 6.45) is 0.335. The van der Waals surface area contributed by atoms with Crippen molar-refractivity contribution in [1.29, 1.82) is 0 Å². The molecule has 2 rings (SSSR count). The molecule has 0 saturated heterocycles. The lowest BCUT2D eigenvalue weighted by atomic mass is 10.1. The van der Waals surface area contributed by atoms with Gasteiger partial charge in [0.1, 0.15) is 0 Å². The Balaban J connectivity index is 1.86. The van der Waals surface area contributed by atoms with Crippen LogP contribution in [0.1, 0.15) is 5.56 Å². The minimum absolute atomic E-state index is 0.0362. The molecule has 6 nitrogen and oxygen atoms in total. The van der Waals surface area contributed by atoms with Crippen molar-refractivity contribution in [2.75, 3.05) is 39.6 Å². The van der Waals surface area contributed by atoms with Gasteiger partial charge in [0.15, 0.2) is 11.5 Å². The molecule has 29 heavy (non-hydrogen) atoms. The van der Waals surface area contributed by atoms with Gasteiger partial charge in [-0.05, 0) is 30.5 Å². The Bertz CT molecular complexity index is 813. The van der Waals surface area contributed by atoms with Crippen molar-refractivity contribution in [2.45, 2.75) is 16.2 Å². The van der Waals surface area contributed by atoms with Gasteiger partial charge in [0.25, 0.3) is 0 Å². The highest BCUT2D eigenvalue weighted by molar-refractivity contribution is 7.99. The van der Waals surface area contributed by atoms with E-state index in [4.69, 9.17) is 14.2 Å². The van der Waals surface area contributed by atoms with E-state index in [2.05, 4.69) is 17.0 Å². The summed E-state index contributed by atoms with van der Waals surface area (Å²) >= 11 is 3.19. The molecule has 0 aliphatic carbocycles. The lowest BCUT2D eigenvalue weighted by molar-refractivity contribution is -0.120. The van der Waals surface area contributed by atoms with E-state index in [9.17, 15) is 4.79 Å². The Morgan fingerprint density at radius 1 is 1.07 bits per heavy atom. The Hall–Kier alpha value is -2.16. The summed E-state index contributed by atoms with van der Waals surface area (Å²) in [4.78, 5) is 18.3. The first-order valence-electron chi connectivity index (χ1n) is 8.94. The van der Waals surface area contributed by atoms with E-state index >= 15 is 0 Å². The molecule has 0 radical (unpaired) electrons. The van der Waals surface area contributed by atoms with Crippen LogP contribution in [-0.4, -0.2) is 52.2 Å². The molecule has 1 N–H and O–H groups in total. The first kappa shape index (κ1) is 23.1. The molecule has 0 bridgehead atoms. The monoisotopic (exact) mass is 434 g/mol. The van der Waals surface area contributed by atoms with Gasteiger partial charge in [-0.1, -0.05) is 12.1 Å². The third-order valence-electron chi connectivity index (χ3n) is 3.98. The number of carbonyl (C=O) groups is 1. The molecule has 156 valence electrons. The highest BCUT2D eigenvalue weighted by Gasteiger charge is 2.11. The van der Waals surface area contributed by atoms with Crippen molar-refractivity contribution in [3.8, 4) is 11.5 Å². The number of rotatable bonds is 12. The second-order valence-electron chi connectivity index (χ2n) is 5.88. The number of hydrogen-bond donors (Lipinski definition) is 1. The number of aliphatic imine (C=N–C) groups is 1. The van der Waals surface area contributed by atoms with E-state index in [1.807, 2.05) is 30.3 Å². The molecule has 2 aromatic carbocycles. The van der Waals surface area contributed by atoms with Crippen molar-refractivity contribution >= 4 is 41.8 Å². The molecular weight excluding hydrogens is 408 g/mol. The summed E-state index contributed by atoms with van der Waals surface area (Å²) in [5.74, 6) is 2.49. The van der Waals surface area contributed by atoms with E-state index in [0.717, 1.165) is 22.8 Å². The van der Waals surface area contributed by atoms with Crippen molar-refractivity contribution in [3.63, 3.8) is 0 Å². The molecule has 2 aromatic rings. The van der Waals surface area contributed by atoms with Gasteiger partial charge in [-0.3, -0.25) is 9.79 Å². The summed E-state index contributed by atoms with van der Waals surface area (Å²) < 4.78 is 15.7. The lowest BCUT2D eigenvalue weighted by Gasteiger charge is -2.12. The number of thioether (sulfide) groups is 2. The molecule has 0 unspecified atom stereocenters. The fourth-order valence-corrected chi connectivity index (χ4v) is 4.14. The molecule has 0 aromatic heterocycles. The maximum absolute atomic E-state index is 12.2. The van der Waals surface area contributed by atoms with Crippen molar-refractivity contribution in [1.82, 2.24) is 5.32 Å². The van der Waals surface area contributed by atoms with Crippen LogP contribution in [0.4, 0.5) is 5.69 Å². The zero-order chi connectivity index (χ0) is 21.1. The number of hydrogen-bond acceptors (Lipinski definition) is 7. The van der Waals surface area contributed by atoms with E-state index in [1.165, 1.54) is 16.7 Å². The second kappa shape index (κ2) is 12.4. The highest BCUT2D eigenvalue weighted by atomic mass is 32.2. The number of nitrogens with one attached hydrogen (secondary N) is 1. The normalized spacial score (nSPS) is 10.4. The Morgan fingerprint density at radius 2 is 1.76 bits per heavy atom. The third kappa shape index (κ3) is 7.30. The van der Waals surface area contributed by atoms with Gasteiger partial charge in [-0.25, -0.2) is 0 Å². The summed E-state index contributed by atoms with van der Waals surface area (Å²) in [6, 6.07) is 11.6. The molecule has 0 atom stereocenters. The average Bonchev–Trinajstić information content (AvgIpc) is 2.74. The largest absolute Gasteiger partial charge is 0.493 e. The maximum Gasteiger partial charge on any atom is 0.225 e. The van der Waals surface area contributed by atoms with Crippen LogP contribution in [0.2, 0.25) is 0 Å². The predicted octanol–water partition coefficient (Wildman–Crippen LogP) is 4.18. The molecule has 0 fully saturated rings. The molecule has 0 aliphatic rings. The number of amides is 1. The van der Waals surface area contributed by atoms with E-state index < -0.39 is 0 Å². The van der Waals surface area contributed by atoms with Crippen LogP contribution in [0.25, 0.3) is 0 Å². The van der Waals surface area contributed by atoms with Crippen LogP contribution in [0.15, 0.2) is 51.2 Å². The number of methoxy groups -OCH3 is 3. The van der Waals surface area contributed by atoms with Gasteiger partial charge in [0.05, 0.1) is 38.8 Å². The number of benzene rings is 2. The van der Waals surface area contributed by atoms with Crippen molar-refractivity contribution in [2.24, 2.45) is 4.99 Å². The van der Waals surface area contributed by atoms with Crippen LogP contribution >= 0.6 is 23.5 Å². The predicted molar refractivity (Wildman–Crippen MR) is 120 cm³/mol. The summed E-state index contributed by atoms with van der Waals surface area (Å²) in [5, 5.41) is 2.92. The first-order valence-corrected chi connectivity index (χ1v) is 10.9. The fourth-order valence-electron chi connectivity index (χ4n) is 2.48. The number of carbonyl (C=O) groups excluding carboxylic acids is 1. The number of nitrogens with zero attached hydrogens (tertiary/aromatic N) is 1. The summed E-state index contributed by atoms with van der Waals surface area (Å²) in [6.45, 7) is 4.31. The molecule has 8 heteroatoms. The van der Waals surface area contributed by atoms with Crippen LogP contribution in [0, 0.1) is 0 Å². The van der Waals surface area contributed by atoms with Crippen LogP contribution in [0.3, 0.4) is 0 Å². The Kier molecular flexibility index (Phi) is 9.90. The van der Waals surface area contributed by atoms with Crippen LogP contribution < -0.4 is 14.8 Å². The van der Waals surface area contributed by atoms with Gasteiger partial charge in [0, 0.05) is 28.7 Å². The van der Waals surface area contributed by atoms with Crippen molar-refractivity contribution in [3.05, 3.63) is 42.0 Å². The summed E-state index contributed by atoms with van der Waals surface area (Å²) in [5.41, 5.74) is 1.66. The smallest absolute Gasteiger partial charge is 0.225 e. The van der Waals surface area contributed by atoms with Gasteiger partial charge in [-0.15, -0.1) is 23.5 Å². The van der Waals surface area contributed by atoms with Crippen LogP contribution in [0.5, 0.6) is 11.5 Å². The minimum Gasteiger partial charge on any atom is -0.493 e. The Morgan fingerprint density at radius 3 is 2.38 bits per heavy atom. The molecule has 0 saturated carbocycles. The van der Waals surface area contributed by atoms with E-state index in [1.54, 1.807) is 39.2 Å². The standard InChI is InChI=1S/C21H26N2O4S2/c1-22-17-12-18(26-3)19(27-4)13-20(17)29-14-23-21(24)11-15-5-7-16(8-6-15)28-10-9-25-2/h5-8,12-13H,1,9-11,14H2,2-4H3,(H,23,24). The van der Waals surface area contributed by atoms with Crippen LogP contribution in [-0.2, 0) is 16.0 Å². The first-order chi connectivity index (χ1) is 14.1. The zero-order valence-electron chi connectivity index (χ0n) is 16.9. The van der Waals surface area contributed by atoms with E-state index in [-0.39, 0.29) is 5.91 Å². The zero-order valence-corrected chi connectivity index (χ0v) is 18.5. The van der Waals surface area contributed by atoms with Crippen molar-refractivity contribution < 1.29 is 19.0 Å². The lowest BCUT2D eigenvalue weighted by Crippen LogP contribution is -2.24. The molecule has 0 aliphatic heterocycles. The second-order valence-corrected chi connectivity index (χ2v) is 8.07. The maximum atomic E-state index is 12.2. The quantitative estimate of drug-likeness (QED) is 0.234.